The second-order valence-electron chi connectivity index (χ2n) is 10.7. The summed E-state index contributed by atoms with van der Waals surface area (Å²) in [6.45, 7) is 13.0. The predicted octanol–water partition coefficient (Wildman–Crippen LogP) is 5.43. The number of nitrogens with one attached hydrogen (secondary N) is 2. The number of hydrogen-bond donors (Lipinski definition) is 2. The molecular weight excluding hydrogens is 556 g/mol. The van der Waals surface area contributed by atoms with Crippen LogP contribution < -0.4 is 25.3 Å². The lowest BCUT2D eigenvalue weighted by Gasteiger charge is -2.45. The number of amides is 1. The van der Waals surface area contributed by atoms with E-state index in [1.54, 1.807) is 19.2 Å². The van der Waals surface area contributed by atoms with E-state index in [0.29, 0.717) is 53.9 Å². The number of piperazine rings is 1. The number of nitrogens with zero attached hydrogens (tertiary/aromatic N) is 5. The quantitative estimate of drug-likeness (QED) is 0.315. The van der Waals surface area contributed by atoms with Gasteiger partial charge in [-0.3, -0.25) is 14.5 Å². The molecule has 0 spiro atoms. The molecule has 0 aliphatic carbocycles. The number of likely N-dealkylation sites (N-methyl/N-ethyl adjacent to an activating group) is 1. The number of hydrogen-bond acceptors (Lipinski definition) is 9. The van der Waals surface area contributed by atoms with Crippen molar-refractivity contribution in [1.29, 1.82) is 0 Å². The third kappa shape index (κ3) is 6.40. The first-order chi connectivity index (χ1) is 20.7. The summed E-state index contributed by atoms with van der Waals surface area (Å²) in [5, 5.41) is 7.68. The number of aromatic nitrogens is 2. The Morgan fingerprint density at radius 3 is 2.60 bits per heavy atom. The van der Waals surface area contributed by atoms with Crippen LogP contribution in [0.25, 0.3) is 0 Å². The lowest BCUT2D eigenvalue weighted by Crippen LogP contribution is -2.56. The van der Waals surface area contributed by atoms with Gasteiger partial charge in [0.05, 0.1) is 36.8 Å². The van der Waals surface area contributed by atoms with Gasteiger partial charge in [0.15, 0.2) is 5.82 Å². The molecule has 1 amide bonds. The van der Waals surface area contributed by atoms with Crippen molar-refractivity contribution in [3.05, 3.63) is 72.6 Å². The van der Waals surface area contributed by atoms with Gasteiger partial charge in [-0.05, 0) is 50.7 Å². The molecule has 1 aromatic heterocycles. The van der Waals surface area contributed by atoms with Gasteiger partial charge >= 0.3 is 0 Å². The third-order valence-corrected chi connectivity index (χ3v) is 7.93. The Bertz CT molecular complexity index is 1480. The summed E-state index contributed by atoms with van der Waals surface area (Å²) >= 11 is 0. The minimum absolute atomic E-state index is 0.189. The number of halogens is 2. The predicted molar refractivity (Wildman–Crippen MR) is 163 cm³/mol. The Morgan fingerprint density at radius 2 is 1.91 bits per heavy atom. The zero-order valence-corrected chi connectivity index (χ0v) is 24.8. The first-order valence-corrected chi connectivity index (χ1v) is 14.3. The van der Waals surface area contributed by atoms with E-state index in [0.717, 1.165) is 37.5 Å². The van der Waals surface area contributed by atoms with E-state index in [9.17, 15) is 13.6 Å². The first-order valence-electron chi connectivity index (χ1n) is 14.3. The van der Waals surface area contributed by atoms with Crippen molar-refractivity contribution < 1.29 is 23.1 Å². The molecule has 3 heterocycles. The maximum Gasteiger partial charge on any atom is 0.247 e. The monoisotopic (exact) mass is 593 g/mol. The Balaban J connectivity index is 1.46. The molecule has 228 valence electrons. The second-order valence-corrected chi connectivity index (χ2v) is 10.7. The molecule has 0 radical (unpaired) electrons. The van der Waals surface area contributed by atoms with E-state index in [1.165, 1.54) is 23.5 Å². The topological polar surface area (TPSA) is 95.1 Å². The molecule has 0 unspecified atom stereocenters. The number of ether oxygens (including phenoxy) is 1. The van der Waals surface area contributed by atoms with Crippen LogP contribution in [0.15, 0.2) is 55.4 Å². The average molecular weight is 594 g/mol. The highest BCUT2D eigenvalue weighted by Gasteiger charge is 2.32. The van der Waals surface area contributed by atoms with Gasteiger partial charge < -0.3 is 20.3 Å². The van der Waals surface area contributed by atoms with Crippen LogP contribution in [-0.2, 0) is 9.63 Å². The van der Waals surface area contributed by atoms with E-state index in [1.807, 2.05) is 6.07 Å². The second kappa shape index (κ2) is 12.9. The van der Waals surface area contributed by atoms with Crippen LogP contribution in [0.4, 0.5) is 37.5 Å². The van der Waals surface area contributed by atoms with Crippen molar-refractivity contribution in [1.82, 2.24) is 14.9 Å². The smallest absolute Gasteiger partial charge is 0.247 e. The number of anilines is 5. The Kier molecular flexibility index (Phi) is 9.07. The number of rotatable bonds is 9. The molecule has 0 saturated carbocycles. The maximum absolute atomic E-state index is 14.6. The number of benzene rings is 2. The summed E-state index contributed by atoms with van der Waals surface area (Å²) in [7, 11) is 1.58. The standard InChI is InChI=1S/C31H37F2N7O3/c1-6-31(41)37-24-13-25(28(42-5)14-27(24)38-16-19(3)39(7-2)20(4)17-38)36-29-15-30(35-18-34-29)40-26(10-11-43-40)22-12-21(32)8-9-23(22)33/h6,8-9,12-15,18-20,26H,1,7,10-11,16-17H2,2-5H3,(H,37,41)(H,34,35,36)/t19-,20+,26-/m1/s1. The van der Waals surface area contributed by atoms with E-state index >= 15 is 0 Å². The van der Waals surface area contributed by atoms with E-state index in [-0.39, 0.29) is 11.5 Å². The fraction of sp³-hybridized carbons (Fsp3) is 0.387. The molecule has 2 aromatic carbocycles. The normalized spacial score (nSPS) is 20.7. The Labute approximate surface area is 250 Å². The summed E-state index contributed by atoms with van der Waals surface area (Å²) < 4.78 is 34.3. The molecule has 3 aromatic rings. The highest BCUT2D eigenvalue weighted by atomic mass is 19.1. The van der Waals surface area contributed by atoms with Crippen LogP contribution in [0.2, 0.25) is 0 Å². The number of methoxy groups -OCH3 is 1. The first kappa shape index (κ1) is 30.2. The fourth-order valence-electron chi connectivity index (χ4n) is 5.98. The van der Waals surface area contributed by atoms with Crippen LogP contribution in [-0.4, -0.2) is 66.2 Å². The summed E-state index contributed by atoms with van der Waals surface area (Å²) in [4.78, 5) is 31.6. The van der Waals surface area contributed by atoms with Gasteiger partial charge in [-0.15, -0.1) is 0 Å². The molecule has 43 heavy (non-hydrogen) atoms. The zero-order valence-electron chi connectivity index (χ0n) is 24.8. The fourth-order valence-corrected chi connectivity index (χ4v) is 5.98. The third-order valence-electron chi connectivity index (χ3n) is 7.93. The largest absolute Gasteiger partial charge is 0.494 e. The SMILES string of the molecule is C=CC(=O)Nc1cc(Nc2cc(N3OCC[C@@H]3c3cc(F)ccc3F)ncn2)c(OC)cc1N1C[C@@H](C)N(CC)[C@@H](C)C1. The molecule has 2 aliphatic rings. The van der Waals surface area contributed by atoms with Crippen molar-refractivity contribution in [2.75, 3.05) is 53.9 Å². The lowest BCUT2D eigenvalue weighted by atomic mass is 10.0. The van der Waals surface area contributed by atoms with Gasteiger partial charge in [-0.2, -0.15) is 0 Å². The summed E-state index contributed by atoms with van der Waals surface area (Å²) in [5.74, 6) is -0.0626. The van der Waals surface area contributed by atoms with Crippen molar-refractivity contribution in [3.8, 4) is 5.75 Å². The minimum atomic E-state index is -0.564. The van der Waals surface area contributed by atoms with Crippen LogP contribution in [0.3, 0.4) is 0 Å². The highest BCUT2D eigenvalue weighted by Crippen LogP contribution is 2.41. The van der Waals surface area contributed by atoms with Crippen LogP contribution in [0.5, 0.6) is 5.75 Å². The Morgan fingerprint density at radius 1 is 1.14 bits per heavy atom. The Hall–Kier alpha value is -4.29. The number of carbonyl (C=O) groups is 1. The van der Waals surface area contributed by atoms with Crippen LogP contribution >= 0.6 is 0 Å². The summed E-state index contributed by atoms with van der Waals surface area (Å²) in [5.41, 5.74) is 2.17. The van der Waals surface area contributed by atoms with Gasteiger partial charge in [0.2, 0.25) is 5.91 Å². The average Bonchev–Trinajstić information content (AvgIpc) is 3.48. The van der Waals surface area contributed by atoms with Crippen molar-refractivity contribution in [2.45, 2.75) is 45.3 Å². The van der Waals surface area contributed by atoms with Crippen molar-refractivity contribution in [2.24, 2.45) is 0 Å². The van der Waals surface area contributed by atoms with Crippen LogP contribution in [0.1, 0.15) is 38.8 Å². The summed E-state index contributed by atoms with van der Waals surface area (Å²) in [6, 6.07) is 8.79. The minimum Gasteiger partial charge on any atom is -0.494 e. The van der Waals surface area contributed by atoms with Crippen molar-refractivity contribution in [3.63, 3.8) is 0 Å². The molecule has 12 heteroatoms. The molecule has 2 N–H and O–H groups in total. The molecule has 10 nitrogen and oxygen atoms in total. The molecule has 2 saturated heterocycles. The van der Waals surface area contributed by atoms with Gasteiger partial charge in [-0.25, -0.2) is 23.8 Å². The van der Waals surface area contributed by atoms with Gasteiger partial charge in [-0.1, -0.05) is 13.5 Å². The maximum atomic E-state index is 14.6. The molecule has 2 aliphatic heterocycles. The molecule has 2 fully saturated rings. The van der Waals surface area contributed by atoms with Crippen LogP contribution in [0, 0.1) is 11.6 Å². The van der Waals surface area contributed by atoms with E-state index < -0.39 is 17.7 Å². The van der Waals surface area contributed by atoms with Crippen molar-refractivity contribution >= 4 is 34.6 Å². The van der Waals surface area contributed by atoms with E-state index in [4.69, 9.17) is 9.57 Å². The molecule has 0 bridgehead atoms. The highest BCUT2D eigenvalue weighted by molar-refractivity contribution is 6.02. The molecular formula is C31H37F2N7O3. The number of hydroxylamine groups is 1. The zero-order chi connectivity index (χ0) is 30.7. The van der Waals surface area contributed by atoms with Gasteiger partial charge in [0.1, 0.15) is 29.5 Å². The lowest BCUT2D eigenvalue weighted by molar-refractivity contribution is -0.111. The molecule has 5 rings (SSSR count). The van der Waals surface area contributed by atoms with Gasteiger partial charge in [0, 0.05) is 49.3 Å². The van der Waals surface area contributed by atoms with E-state index in [2.05, 4.69) is 57.8 Å². The summed E-state index contributed by atoms with van der Waals surface area (Å²) in [6.07, 6.45) is 3.04. The molecule has 3 atom stereocenters. The number of carbonyl (C=O) groups excluding carboxylic acids is 1. The van der Waals surface area contributed by atoms with Gasteiger partial charge in [0.25, 0.3) is 0 Å².